The molecule has 0 N–H and O–H groups in total. The average Bonchev–Trinajstić information content (AvgIpc) is 2.48. The molecule has 0 saturated carbocycles. The van der Waals surface area contributed by atoms with Gasteiger partial charge in [-0.1, -0.05) is 17.7 Å². The first-order chi connectivity index (χ1) is 11.5. The van der Waals surface area contributed by atoms with Crippen molar-refractivity contribution >= 4 is 6.09 Å². The van der Waals surface area contributed by atoms with E-state index in [0.29, 0.717) is 12.6 Å². The summed E-state index contributed by atoms with van der Waals surface area (Å²) in [4.78, 5) is 16.7. The van der Waals surface area contributed by atoms with Gasteiger partial charge in [0.05, 0.1) is 0 Å². The number of amides is 1. The number of benzene rings is 1. The standard InChI is InChI=1S/C21H34N2O2/c1-14-11-15(2)17(4)19(12-14)18(5)22-9-10-23(16(3)13-22)20(24)25-21(6,7)8/h11-12,16,18H,9-10,13H2,1-8H3/t16-,18+/m1/s1. The number of hydrogen-bond donors (Lipinski definition) is 0. The number of nitrogens with zero attached hydrogens (tertiary/aromatic N) is 2. The Hall–Kier alpha value is -1.55. The summed E-state index contributed by atoms with van der Waals surface area (Å²) in [6.07, 6.45) is -0.199. The number of carbonyl (C=O) groups is 1. The van der Waals surface area contributed by atoms with Crippen molar-refractivity contribution in [2.24, 2.45) is 0 Å². The van der Waals surface area contributed by atoms with Crippen molar-refractivity contribution in [2.45, 2.75) is 73.1 Å². The van der Waals surface area contributed by atoms with Gasteiger partial charge in [0.1, 0.15) is 5.60 Å². The lowest BCUT2D eigenvalue weighted by molar-refractivity contribution is -0.00352. The van der Waals surface area contributed by atoms with Crippen molar-refractivity contribution in [1.82, 2.24) is 9.80 Å². The van der Waals surface area contributed by atoms with E-state index in [9.17, 15) is 4.79 Å². The Morgan fingerprint density at radius 2 is 1.84 bits per heavy atom. The third-order valence-corrected chi connectivity index (χ3v) is 5.14. The normalized spacial score (nSPS) is 20.5. The average molecular weight is 347 g/mol. The Morgan fingerprint density at radius 1 is 1.20 bits per heavy atom. The Bertz CT molecular complexity index is 634. The molecule has 0 aliphatic carbocycles. The van der Waals surface area contributed by atoms with Crippen LogP contribution in [0.5, 0.6) is 0 Å². The van der Waals surface area contributed by atoms with Crippen LogP contribution in [0.4, 0.5) is 4.79 Å². The highest BCUT2D eigenvalue weighted by molar-refractivity contribution is 5.68. The van der Waals surface area contributed by atoms with E-state index in [1.165, 1.54) is 22.3 Å². The van der Waals surface area contributed by atoms with E-state index in [1.54, 1.807) is 0 Å². The van der Waals surface area contributed by atoms with Crippen molar-refractivity contribution in [1.29, 1.82) is 0 Å². The molecule has 1 saturated heterocycles. The highest BCUT2D eigenvalue weighted by Crippen LogP contribution is 2.29. The van der Waals surface area contributed by atoms with E-state index >= 15 is 0 Å². The molecular formula is C21H34N2O2. The maximum Gasteiger partial charge on any atom is 0.410 e. The second-order valence-electron chi connectivity index (χ2n) is 8.49. The van der Waals surface area contributed by atoms with Crippen LogP contribution in [0.2, 0.25) is 0 Å². The zero-order valence-corrected chi connectivity index (χ0v) is 17.1. The van der Waals surface area contributed by atoms with Gasteiger partial charge in [0.25, 0.3) is 0 Å². The lowest BCUT2D eigenvalue weighted by Gasteiger charge is -2.43. The van der Waals surface area contributed by atoms with E-state index in [2.05, 4.69) is 51.7 Å². The number of rotatable bonds is 2. The topological polar surface area (TPSA) is 32.8 Å². The number of piperazine rings is 1. The molecule has 0 bridgehead atoms. The van der Waals surface area contributed by atoms with Crippen molar-refractivity contribution in [2.75, 3.05) is 19.6 Å². The van der Waals surface area contributed by atoms with Gasteiger partial charge in [0.15, 0.2) is 0 Å². The maximum atomic E-state index is 12.4. The van der Waals surface area contributed by atoms with Crippen LogP contribution >= 0.6 is 0 Å². The highest BCUT2D eigenvalue weighted by Gasteiger charge is 2.33. The molecule has 2 atom stereocenters. The van der Waals surface area contributed by atoms with Gasteiger partial charge in [-0.2, -0.15) is 0 Å². The molecule has 1 heterocycles. The number of hydrogen-bond acceptors (Lipinski definition) is 3. The third kappa shape index (κ3) is 4.75. The van der Waals surface area contributed by atoms with Crippen LogP contribution in [0.3, 0.4) is 0 Å². The predicted octanol–water partition coefficient (Wildman–Crippen LogP) is 4.61. The molecule has 4 heteroatoms. The van der Waals surface area contributed by atoms with Crippen LogP contribution in [-0.2, 0) is 4.74 Å². The van der Waals surface area contributed by atoms with Crippen LogP contribution in [0.25, 0.3) is 0 Å². The molecule has 25 heavy (non-hydrogen) atoms. The second-order valence-corrected chi connectivity index (χ2v) is 8.49. The Kier molecular flexibility index (Phi) is 5.82. The van der Waals surface area contributed by atoms with E-state index in [1.807, 2.05) is 25.7 Å². The Labute approximate surface area is 153 Å². The molecule has 1 aromatic rings. The van der Waals surface area contributed by atoms with Gasteiger partial charge in [-0.3, -0.25) is 4.90 Å². The summed E-state index contributed by atoms with van der Waals surface area (Å²) in [7, 11) is 0. The summed E-state index contributed by atoms with van der Waals surface area (Å²) >= 11 is 0. The van der Waals surface area contributed by atoms with Gasteiger partial charge < -0.3 is 9.64 Å². The Morgan fingerprint density at radius 3 is 2.40 bits per heavy atom. The quantitative estimate of drug-likeness (QED) is 0.784. The summed E-state index contributed by atoms with van der Waals surface area (Å²) < 4.78 is 5.55. The molecular weight excluding hydrogens is 312 g/mol. The molecule has 140 valence electrons. The van der Waals surface area contributed by atoms with Gasteiger partial charge in [-0.05, 0) is 72.1 Å². The first-order valence-corrected chi connectivity index (χ1v) is 9.31. The molecule has 4 nitrogen and oxygen atoms in total. The van der Waals surface area contributed by atoms with Crippen molar-refractivity contribution < 1.29 is 9.53 Å². The van der Waals surface area contributed by atoms with Gasteiger partial charge >= 0.3 is 6.09 Å². The summed E-state index contributed by atoms with van der Waals surface area (Å²) in [6.45, 7) is 19.1. The minimum atomic E-state index is -0.447. The summed E-state index contributed by atoms with van der Waals surface area (Å²) in [5.41, 5.74) is 4.99. The maximum absolute atomic E-state index is 12.4. The lowest BCUT2D eigenvalue weighted by atomic mass is 9.94. The molecule has 1 fully saturated rings. The van der Waals surface area contributed by atoms with Crippen LogP contribution in [0.15, 0.2) is 12.1 Å². The zero-order chi connectivity index (χ0) is 18.9. The first kappa shape index (κ1) is 19.8. The predicted molar refractivity (Wildman–Crippen MR) is 103 cm³/mol. The Balaban J connectivity index is 2.09. The summed E-state index contributed by atoms with van der Waals surface area (Å²) in [6, 6.07) is 5.05. The van der Waals surface area contributed by atoms with Crippen LogP contribution in [-0.4, -0.2) is 47.2 Å². The van der Waals surface area contributed by atoms with E-state index in [4.69, 9.17) is 4.74 Å². The highest BCUT2D eigenvalue weighted by atomic mass is 16.6. The van der Waals surface area contributed by atoms with Crippen LogP contribution < -0.4 is 0 Å². The number of aryl methyl sites for hydroxylation is 2. The first-order valence-electron chi connectivity index (χ1n) is 9.31. The van der Waals surface area contributed by atoms with E-state index in [0.717, 1.165) is 13.1 Å². The van der Waals surface area contributed by atoms with Gasteiger partial charge in [-0.25, -0.2) is 4.79 Å². The third-order valence-electron chi connectivity index (χ3n) is 5.14. The molecule has 0 spiro atoms. The molecule has 1 aliphatic heterocycles. The number of ether oxygens (including phenoxy) is 1. The monoisotopic (exact) mass is 346 g/mol. The summed E-state index contributed by atoms with van der Waals surface area (Å²) in [5.74, 6) is 0. The smallest absolute Gasteiger partial charge is 0.410 e. The SMILES string of the molecule is Cc1cc(C)c(C)c([C@H](C)N2CCN(C(=O)OC(C)(C)C)[C@H](C)C2)c1. The molecule has 0 aromatic heterocycles. The minimum Gasteiger partial charge on any atom is -0.444 e. The van der Waals surface area contributed by atoms with Crippen molar-refractivity contribution in [3.05, 3.63) is 34.4 Å². The van der Waals surface area contributed by atoms with Crippen molar-refractivity contribution in [3.8, 4) is 0 Å². The second kappa shape index (κ2) is 7.36. The van der Waals surface area contributed by atoms with E-state index in [-0.39, 0.29) is 12.1 Å². The van der Waals surface area contributed by atoms with Gasteiger partial charge in [0.2, 0.25) is 0 Å². The minimum absolute atomic E-state index is 0.150. The molecule has 1 aromatic carbocycles. The van der Waals surface area contributed by atoms with E-state index < -0.39 is 5.60 Å². The molecule has 2 rings (SSSR count). The molecule has 0 radical (unpaired) electrons. The fourth-order valence-corrected chi connectivity index (χ4v) is 3.63. The molecule has 1 amide bonds. The lowest BCUT2D eigenvalue weighted by Crippen LogP contribution is -2.55. The van der Waals surface area contributed by atoms with Gasteiger partial charge in [-0.15, -0.1) is 0 Å². The fraction of sp³-hybridized carbons (Fsp3) is 0.667. The fourth-order valence-electron chi connectivity index (χ4n) is 3.63. The molecule has 1 aliphatic rings. The number of carbonyl (C=O) groups excluding carboxylic acids is 1. The largest absolute Gasteiger partial charge is 0.444 e. The van der Waals surface area contributed by atoms with Crippen LogP contribution in [0.1, 0.15) is 62.9 Å². The van der Waals surface area contributed by atoms with Crippen LogP contribution in [0, 0.1) is 20.8 Å². The zero-order valence-electron chi connectivity index (χ0n) is 17.1. The van der Waals surface area contributed by atoms with Gasteiger partial charge in [0, 0.05) is 31.7 Å². The van der Waals surface area contributed by atoms with Crippen molar-refractivity contribution in [3.63, 3.8) is 0 Å². The molecule has 0 unspecified atom stereocenters. The summed E-state index contributed by atoms with van der Waals surface area (Å²) in [5, 5.41) is 0.